The monoisotopic (exact) mass is 237 g/mol. The number of urea groups is 1. The second kappa shape index (κ2) is 6.22. The molecule has 2 atom stereocenters. The number of primary amides is 1. The van der Waals surface area contributed by atoms with E-state index in [1.54, 1.807) is 12.1 Å². The highest BCUT2D eigenvalue weighted by atomic mass is 16.3. The van der Waals surface area contributed by atoms with Gasteiger partial charge in [-0.2, -0.15) is 0 Å². The van der Waals surface area contributed by atoms with E-state index in [2.05, 4.69) is 10.6 Å². The number of benzene rings is 1. The van der Waals surface area contributed by atoms with Gasteiger partial charge in [-0.15, -0.1) is 0 Å². The fourth-order valence-corrected chi connectivity index (χ4v) is 1.57. The summed E-state index contributed by atoms with van der Waals surface area (Å²) >= 11 is 0. The number of amides is 2. The van der Waals surface area contributed by atoms with Gasteiger partial charge in [0.05, 0.1) is 6.61 Å². The fourth-order valence-electron chi connectivity index (χ4n) is 1.57. The van der Waals surface area contributed by atoms with Gasteiger partial charge in [0.25, 0.3) is 0 Å². The average molecular weight is 237 g/mol. The van der Waals surface area contributed by atoms with E-state index >= 15 is 0 Å². The van der Waals surface area contributed by atoms with E-state index in [-0.39, 0.29) is 18.7 Å². The molecule has 1 aromatic rings. The molecule has 1 rings (SSSR count). The summed E-state index contributed by atoms with van der Waals surface area (Å²) in [5, 5.41) is 14.7. The van der Waals surface area contributed by atoms with Crippen LogP contribution in [0.4, 0.5) is 10.5 Å². The Labute approximate surface area is 101 Å². The number of nitrogens with one attached hydrogen (secondary N) is 2. The van der Waals surface area contributed by atoms with Crippen molar-refractivity contribution in [3.05, 3.63) is 29.8 Å². The Hall–Kier alpha value is -1.59. The van der Waals surface area contributed by atoms with Crippen molar-refractivity contribution in [3.63, 3.8) is 0 Å². The van der Waals surface area contributed by atoms with E-state index < -0.39 is 6.03 Å². The summed E-state index contributed by atoms with van der Waals surface area (Å²) in [6, 6.07) is 7.02. The Bertz CT molecular complexity index is 365. The first-order valence-corrected chi connectivity index (χ1v) is 5.56. The molecular formula is C12H19N3O2. The van der Waals surface area contributed by atoms with E-state index in [1.165, 1.54) is 0 Å². The minimum absolute atomic E-state index is 0.0495. The molecule has 0 bridgehead atoms. The van der Waals surface area contributed by atoms with Gasteiger partial charge in [0, 0.05) is 17.8 Å². The third-order valence-electron chi connectivity index (χ3n) is 2.49. The molecule has 5 N–H and O–H groups in total. The Balaban J connectivity index is 2.63. The van der Waals surface area contributed by atoms with Crippen LogP contribution in [0.2, 0.25) is 0 Å². The number of rotatable bonds is 5. The molecule has 0 radical (unpaired) electrons. The zero-order valence-corrected chi connectivity index (χ0v) is 10.1. The van der Waals surface area contributed by atoms with Crippen molar-refractivity contribution in [3.8, 4) is 0 Å². The molecule has 0 spiro atoms. The van der Waals surface area contributed by atoms with Crippen LogP contribution >= 0.6 is 0 Å². The summed E-state index contributed by atoms with van der Waals surface area (Å²) < 4.78 is 0. The molecule has 0 aliphatic carbocycles. The van der Waals surface area contributed by atoms with E-state index in [0.717, 1.165) is 5.56 Å². The maximum Gasteiger partial charge on any atom is 0.316 e. The molecular weight excluding hydrogens is 218 g/mol. The minimum atomic E-state index is -0.571. The van der Waals surface area contributed by atoms with Gasteiger partial charge in [-0.05, 0) is 31.5 Å². The molecule has 0 saturated carbocycles. The highest BCUT2D eigenvalue weighted by molar-refractivity contribution is 5.87. The summed E-state index contributed by atoms with van der Waals surface area (Å²) in [6.07, 6.45) is 0. The van der Waals surface area contributed by atoms with Crippen molar-refractivity contribution in [2.24, 2.45) is 5.73 Å². The molecule has 17 heavy (non-hydrogen) atoms. The lowest BCUT2D eigenvalue weighted by Crippen LogP contribution is -2.31. The maximum atomic E-state index is 10.6. The molecule has 0 aliphatic rings. The van der Waals surface area contributed by atoms with Gasteiger partial charge in [-0.25, -0.2) is 4.79 Å². The van der Waals surface area contributed by atoms with Gasteiger partial charge >= 0.3 is 6.03 Å². The number of nitrogens with two attached hydrogens (primary N) is 1. The van der Waals surface area contributed by atoms with Crippen molar-refractivity contribution in [2.75, 3.05) is 11.9 Å². The number of aliphatic hydroxyl groups is 1. The van der Waals surface area contributed by atoms with Crippen molar-refractivity contribution in [2.45, 2.75) is 25.9 Å². The predicted octanol–water partition coefficient (Wildman–Crippen LogP) is 1.21. The van der Waals surface area contributed by atoms with E-state index in [0.29, 0.717) is 5.69 Å². The molecule has 94 valence electrons. The van der Waals surface area contributed by atoms with Gasteiger partial charge in [-0.1, -0.05) is 12.1 Å². The molecule has 2 amide bonds. The zero-order chi connectivity index (χ0) is 12.8. The molecule has 0 aliphatic heterocycles. The third kappa shape index (κ3) is 4.42. The van der Waals surface area contributed by atoms with Gasteiger partial charge in [0.1, 0.15) is 0 Å². The topological polar surface area (TPSA) is 87.4 Å². The molecule has 0 saturated heterocycles. The average Bonchev–Trinajstić information content (AvgIpc) is 2.28. The Morgan fingerprint density at radius 3 is 2.41 bits per heavy atom. The Morgan fingerprint density at radius 1 is 1.35 bits per heavy atom. The molecule has 0 aromatic heterocycles. The number of anilines is 1. The standard InChI is InChI=1S/C12H19N3O2/c1-8(7-16)14-9(2)10-3-5-11(6-4-10)15-12(13)17/h3-6,8-9,14,16H,7H2,1-2H3,(H3,13,15,17)/t8-,9?/m1/s1. The maximum absolute atomic E-state index is 10.6. The number of hydrogen-bond donors (Lipinski definition) is 4. The summed E-state index contributed by atoms with van der Waals surface area (Å²) in [6.45, 7) is 4.04. The Kier molecular flexibility index (Phi) is 4.93. The lowest BCUT2D eigenvalue weighted by molar-refractivity contribution is 0.243. The molecule has 5 heteroatoms. The molecule has 0 heterocycles. The number of carbonyl (C=O) groups excluding carboxylic acids is 1. The molecule has 5 nitrogen and oxygen atoms in total. The van der Waals surface area contributed by atoms with E-state index in [1.807, 2.05) is 26.0 Å². The van der Waals surface area contributed by atoms with Crippen LogP contribution in [0.25, 0.3) is 0 Å². The highest BCUT2D eigenvalue weighted by Crippen LogP contribution is 2.16. The molecule has 1 aromatic carbocycles. The number of hydrogen-bond acceptors (Lipinski definition) is 3. The normalized spacial score (nSPS) is 14.1. The summed E-state index contributed by atoms with van der Waals surface area (Å²) in [7, 11) is 0. The lowest BCUT2D eigenvalue weighted by Gasteiger charge is -2.18. The number of carbonyl (C=O) groups is 1. The van der Waals surface area contributed by atoms with Crippen molar-refractivity contribution in [1.82, 2.24) is 5.32 Å². The third-order valence-corrected chi connectivity index (χ3v) is 2.49. The minimum Gasteiger partial charge on any atom is -0.395 e. The smallest absolute Gasteiger partial charge is 0.316 e. The number of aliphatic hydroxyl groups excluding tert-OH is 1. The second-order valence-electron chi connectivity index (χ2n) is 4.08. The van der Waals surface area contributed by atoms with Gasteiger partial charge in [-0.3, -0.25) is 0 Å². The predicted molar refractivity (Wildman–Crippen MR) is 67.7 cm³/mol. The largest absolute Gasteiger partial charge is 0.395 e. The fraction of sp³-hybridized carbons (Fsp3) is 0.417. The summed E-state index contributed by atoms with van der Waals surface area (Å²) in [4.78, 5) is 10.6. The van der Waals surface area contributed by atoms with Crippen LogP contribution in [-0.2, 0) is 0 Å². The van der Waals surface area contributed by atoms with Crippen LogP contribution < -0.4 is 16.4 Å². The van der Waals surface area contributed by atoms with Crippen LogP contribution in [-0.4, -0.2) is 23.8 Å². The van der Waals surface area contributed by atoms with E-state index in [9.17, 15) is 4.79 Å². The first-order valence-electron chi connectivity index (χ1n) is 5.56. The SMILES string of the molecule is CC(N[C@H](C)CO)c1ccc(NC(N)=O)cc1. The summed E-state index contributed by atoms with van der Waals surface area (Å²) in [5.74, 6) is 0. The second-order valence-corrected chi connectivity index (χ2v) is 4.08. The molecule has 1 unspecified atom stereocenters. The van der Waals surface area contributed by atoms with Crippen LogP contribution in [0.15, 0.2) is 24.3 Å². The Morgan fingerprint density at radius 2 is 1.94 bits per heavy atom. The van der Waals surface area contributed by atoms with Gasteiger partial charge in [0.15, 0.2) is 0 Å². The van der Waals surface area contributed by atoms with Crippen molar-refractivity contribution < 1.29 is 9.90 Å². The first kappa shape index (κ1) is 13.5. The highest BCUT2D eigenvalue weighted by Gasteiger charge is 2.08. The van der Waals surface area contributed by atoms with Crippen LogP contribution in [0, 0.1) is 0 Å². The van der Waals surface area contributed by atoms with Crippen molar-refractivity contribution >= 4 is 11.7 Å². The quantitative estimate of drug-likeness (QED) is 0.620. The van der Waals surface area contributed by atoms with Crippen LogP contribution in [0.3, 0.4) is 0 Å². The van der Waals surface area contributed by atoms with Gasteiger partial charge in [0.2, 0.25) is 0 Å². The zero-order valence-electron chi connectivity index (χ0n) is 10.1. The molecule has 0 fully saturated rings. The van der Waals surface area contributed by atoms with Gasteiger partial charge < -0.3 is 21.5 Å². The van der Waals surface area contributed by atoms with Crippen LogP contribution in [0.1, 0.15) is 25.5 Å². The summed E-state index contributed by atoms with van der Waals surface area (Å²) in [5.41, 5.74) is 6.77. The lowest BCUT2D eigenvalue weighted by atomic mass is 10.1. The first-order chi connectivity index (χ1) is 8.02. The van der Waals surface area contributed by atoms with Crippen LogP contribution in [0.5, 0.6) is 0 Å². The van der Waals surface area contributed by atoms with E-state index in [4.69, 9.17) is 10.8 Å². The van der Waals surface area contributed by atoms with Crippen molar-refractivity contribution in [1.29, 1.82) is 0 Å².